The number of nitrogens with zero attached hydrogens (tertiary/aromatic N) is 1. The number of urea groups is 1. The molecule has 1 aliphatic rings. The molecule has 2 amide bonds. The highest BCUT2D eigenvalue weighted by Gasteiger charge is 2.29. The van der Waals surface area contributed by atoms with Gasteiger partial charge < -0.3 is 20.4 Å². The van der Waals surface area contributed by atoms with Crippen molar-refractivity contribution in [3.05, 3.63) is 0 Å². The fourth-order valence-electron chi connectivity index (χ4n) is 1.81. The molecule has 6 heteroatoms. The van der Waals surface area contributed by atoms with Gasteiger partial charge in [0.25, 0.3) is 0 Å². The van der Waals surface area contributed by atoms with Gasteiger partial charge in [-0.3, -0.25) is 0 Å². The van der Waals surface area contributed by atoms with Gasteiger partial charge in [0.1, 0.15) is 6.04 Å². The smallest absolute Gasteiger partial charge is 0.326 e. The van der Waals surface area contributed by atoms with Gasteiger partial charge in [0.05, 0.1) is 6.10 Å². The predicted octanol–water partition coefficient (Wildman–Crippen LogP) is 0.262. The summed E-state index contributed by atoms with van der Waals surface area (Å²) in [4.78, 5) is 24.0. The van der Waals surface area contributed by atoms with Crippen LogP contribution in [0.5, 0.6) is 0 Å². The maximum absolute atomic E-state index is 11.8. The van der Waals surface area contributed by atoms with E-state index < -0.39 is 24.1 Å². The number of rotatable bonds is 3. The number of aliphatic hydroxyl groups excluding tert-OH is 1. The third-order valence-corrected chi connectivity index (χ3v) is 3.21. The van der Waals surface area contributed by atoms with Crippen LogP contribution >= 0.6 is 0 Å². The second kappa shape index (κ2) is 5.86. The fraction of sp³-hybridized carbons (Fsp3) is 0.818. The van der Waals surface area contributed by atoms with Crippen molar-refractivity contribution in [1.29, 1.82) is 0 Å². The summed E-state index contributed by atoms with van der Waals surface area (Å²) in [7, 11) is 0. The lowest BCUT2D eigenvalue weighted by Crippen LogP contribution is -2.53. The van der Waals surface area contributed by atoms with Crippen molar-refractivity contribution in [3.8, 4) is 0 Å². The quantitative estimate of drug-likeness (QED) is 0.664. The van der Waals surface area contributed by atoms with Crippen LogP contribution in [0.15, 0.2) is 0 Å². The molecule has 0 aromatic rings. The van der Waals surface area contributed by atoms with Crippen molar-refractivity contribution >= 4 is 12.0 Å². The van der Waals surface area contributed by atoms with E-state index in [4.69, 9.17) is 5.11 Å². The Labute approximate surface area is 101 Å². The molecule has 3 unspecified atom stereocenters. The van der Waals surface area contributed by atoms with Gasteiger partial charge in [0, 0.05) is 13.1 Å². The van der Waals surface area contributed by atoms with Crippen LogP contribution in [-0.2, 0) is 4.79 Å². The summed E-state index contributed by atoms with van der Waals surface area (Å²) in [6.07, 6.45) is 0.547. The minimum atomic E-state index is -1.04. The monoisotopic (exact) mass is 244 g/mol. The van der Waals surface area contributed by atoms with Gasteiger partial charge in [0.15, 0.2) is 0 Å². The Hall–Kier alpha value is -1.30. The number of carboxylic acids is 1. The standard InChI is InChI=1S/C11H20N2O4/c1-3-8(10(15)16)12-11(17)13-5-4-7(2)9(14)6-13/h7-9,14H,3-6H2,1-2H3,(H,12,17)(H,15,16). The topological polar surface area (TPSA) is 89.9 Å². The van der Waals surface area contributed by atoms with E-state index in [9.17, 15) is 14.7 Å². The molecule has 3 N–H and O–H groups in total. The Bertz CT molecular complexity index is 295. The molecule has 98 valence electrons. The molecule has 17 heavy (non-hydrogen) atoms. The highest BCUT2D eigenvalue weighted by atomic mass is 16.4. The van der Waals surface area contributed by atoms with Crippen LogP contribution in [0.1, 0.15) is 26.7 Å². The maximum atomic E-state index is 11.8. The number of likely N-dealkylation sites (tertiary alicyclic amines) is 1. The average Bonchev–Trinajstić information content (AvgIpc) is 2.28. The zero-order valence-electron chi connectivity index (χ0n) is 10.2. The molecule has 1 heterocycles. The molecule has 0 spiro atoms. The zero-order chi connectivity index (χ0) is 13.0. The molecule has 0 aromatic carbocycles. The second-order valence-corrected chi connectivity index (χ2v) is 4.53. The number of piperidine rings is 1. The number of carbonyl (C=O) groups is 2. The third kappa shape index (κ3) is 3.59. The molecule has 1 rings (SSSR count). The molecule has 0 aromatic heterocycles. The molecule has 0 radical (unpaired) electrons. The third-order valence-electron chi connectivity index (χ3n) is 3.21. The van der Waals surface area contributed by atoms with E-state index in [1.54, 1.807) is 6.92 Å². The van der Waals surface area contributed by atoms with Crippen LogP contribution in [0, 0.1) is 5.92 Å². The van der Waals surface area contributed by atoms with E-state index in [0.29, 0.717) is 13.0 Å². The Kier molecular flexibility index (Phi) is 4.74. The van der Waals surface area contributed by atoms with Crippen molar-refractivity contribution in [2.75, 3.05) is 13.1 Å². The van der Waals surface area contributed by atoms with Gasteiger partial charge in [0.2, 0.25) is 0 Å². The first-order valence-corrected chi connectivity index (χ1v) is 5.92. The number of hydrogen-bond acceptors (Lipinski definition) is 3. The molecule has 6 nitrogen and oxygen atoms in total. The number of nitrogens with one attached hydrogen (secondary N) is 1. The highest BCUT2D eigenvalue weighted by Crippen LogP contribution is 2.16. The van der Waals surface area contributed by atoms with Gasteiger partial charge in [-0.2, -0.15) is 0 Å². The Morgan fingerprint density at radius 1 is 1.53 bits per heavy atom. The Morgan fingerprint density at radius 3 is 2.65 bits per heavy atom. The number of carboxylic acid groups (broad SMARTS) is 1. The van der Waals surface area contributed by atoms with Gasteiger partial charge in [-0.05, 0) is 18.8 Å². The van der Waals surface area contributed by atoms with Crippen LogP contribution in [-0.4, -0.2) is 52.3 Å². The minimum Gasteiger partial charge on any atom is -0.480 e. The van der Waals surface area contributed by atoms with Crippen LogP contribution < -0.4 is 5.32 Å². The predicted molar refractivity (Wildman–Crippen MR) is 61.6 cm³/mol. The lowest BCUT2D eigenvalue weighted by molar-refractivity contribution is -0.139. The first kappa shape index (κ1) is 13.8. The highest BCUT2D eigenvalue weighted by molar-refractivity contribution is 5.82. The number of aliphatic carboxylic acids is 1. The molecule has 1 saturated heterocycles. The van der Waals surface area contributed by atoms with Crippen LogP contribution in [0.2, 0.25) is 0 Å². The molecule has 0 saturated carbocycles. The number of amides is 2. The Morgan fingerprint density at radius 2 is 2.18 bits per heavy atom. The fourth-order valence-corrected chi connectivity index (χ4v) is 1.81. The molecule has 3 atom stereocenters. The maximum Gasteiger partial charge on any atom is 0.326 e. The normalized spacial score (nSPS) is 26.4. The first-order valence-electron chi connectivity index (χ1n) is 5.92. The van der Waals surface area contributed by atoms with E-state index in [-0.39, 0.29) is 12.5 Å². The lowest BCUT2D eigenvalue weighted by atomic mass is 9.96. The zero-order valence-corrected chi connectivity index (χ0v) is 10.2. The molecule has 0 aliphatic carbocycles. The van der Waals surface area contributed by atoms with E-state index >= 15 is 0 Å². The van der Waals surface area contributed by atoms with E-state index in [1.165, 1.54) is 4.90 Å². The van der Waals surface area contributed by atoms with E-state index in [2.05, 4.69) is 5.32 Å². The summed E-state index contributed by atoms with van der Waals surface area (Å²) in [5.41, 5.74) is 0. The van der Waals surface area contributed by atoms with Crippen molar-refractivity contribution < 1.29 is 19.8 Å². The van der Waals surface area contributed by atoms with Crippen LogP contribution in [0.25, 0.3) is 0 Å². The molecular weight excluding hydrogens is 224 g/mol. The van der Waals surface area contributed by atoms with Gasteiger partial charge in [-0.1, -0.05) is 13.8 Å². The molecule has 0 bridgehead atoms. The molecule has 1 aliphatic heterocycles. The summed E-state index contributed by atoms with van der Waals surface area (Å²) in [6.45, 7) is 4.46. The molecule has 1 fully saturated rings. The van der Waals surface area contributed by atoms with Crippen LogP contribution in [0.4, 0.5) is 4.79 Å². The SMILES string of the molecule is CCC(NC(=O)N1CCC(C)C(O)C1)C(=O)O. The van der Waals surface area contributed by atoms with Crippen LogP contribution in [0.3, 0.4) is 0 Å². The number of hydrogen-bond donors (Lipinski definition) is 3. The Balaban J connectivity index is 2.50. The summed E-state index contributed by atoms with van der Waals surface area (Å²) in [5.74, 6) is -0.854. The van der Waals surface area contributed by atoms with E-state index in [1.807, 2.05) is 6.92 Å². The molecular formula is C11H20N2O4. The second-order valence-electron chi connectivity index (χ2n) is 4.53. The average molecular weight is 244 g/mol. The largest absolute Gasteiger partial charge is 0.480 e. The van der Waals surface area contributed by atoms with Gasteiger partial charge in [-0.15, -0.1) is 0 Å². The summed E-state index contributed by atoms with van der Waals surface area (Å²) in [5, 5.41) is 20.9. The first-order chi connectivity index (χ1) is 7.95. The van der Waals surface area contributed by atoms with Gasteiger partial charge in [-0.25, -0.2) is 9.59 Å². The van der Waals surface area contributed by atoms with Crippen molar-refractivity contribution in [2.24, 2.45) is 5.92 Å². The summed E-state index contributed by atoms with van der Waals surface area (Å²) >= 11 is 0. The number of aliphatic hydroxyl groups is 1. The van der Waals surface area contributed by atoms with Crippen molar-refractivity contribution in [2.45, 2.75) is 38.8 Å². The van der Waals surface area contributed by atoms with E-state index in [0.717, 1.165) is 6.42 Å². The number of β-amino-alcohol motifs (C(OH)–C–C–N with tert-alkyl or cyclic N) is 1. The van der Waals surface area contributed by atoms with Crippen molar-refractivity contribution in [3.63, 3.8) is 0 Å². The number of carbonyl (C=O) groups excluding carboxylic acids is 1. The van der Waals surface area contributed by atoms with Crippen molar-refractivity contribution in [1.82, 2.24) is 10.2 Å². The summed E-state index contributed by atoms with van der Waals surface area (Å²) in [6, 6.07) is -1.27. The van der Waals surface area contributed by atoms with Gasteiger partial charge >= 0.3 is 12.0 Å². The lowest BCUT2D eigenvalue weighted by Gasteiger charge is -2.34. The summed E-state index contributed by atoms with van der Waals surface area (Å²) < 4.78 is 0. The minimum absolute atomic E-state index is 0.181.